The van der Waals surface area contributed by atoms with E-state index in [0.717, 1.165) is 31.8 Å². The molecular weight excluding hydrogens is 264 g/mol. The van der Waals surface area contributed by atoms with Crippen LogP contribution in [0.5, 0.6) is 0 Å². The molecule has 0 amide bonds. The third kappa shape index (κ3) is 6.79. The lowest BCUT2D eigenvalue weighted by Gasteiger charge is -2.30. The summed E-state index contributed by atoms with van der Waals surface area (Å²) in [6.07, 6.45) is 5.44. The van der Waals surface area contributed by atoms with Crippen LogP contribution in [0.2, 0.25) is 0 Å². The Morgan fingerprint density at radius 1 is 1.43 bits per heavy atom. The molecule has 4 nitrogen and oxygen atoms in total. The van der Waals surface area contributed by atoms with E-state index in [4.69, 9.17) is 4.74 Å². The lowest BCUT2D eigenvalue weighted by molar-refractivity contribution is -0.151. The lowest BCUT2D eigenvalue weighted by atomic mass is 9.95. The fourth-order valence-corrected chi connectivity index (χ4v) is 2.66. The van der Waals surface area contributed by atoms with E-state index in [0.29, 0.717) is 12.6 Å². The van der Waals surface area contributed by atoms with Crippen LogP contribution in [0.15, 0.2) is 0 Å². The van der Waals surface area contributed by atoms with Crippen LogP contribution in [0.3, 0.4) is 0 Å². The highest BCUT2D eigenvalue weighted by molar-refractivity contribution is 5.80. The van der Waals surface area contributed by atoms with Crippen molar-refractivity contribution in [2.24, 2.45) is 5.92 Å². The Balaban J connectivity index is 2.40. The van der Waals surface area contributed by atoms with Gasteiger partial charge in [-0.25, -0.2) is 0 Å². The second-order valence-corrected chi connectivity index (χ2v) is 6.85. The molecular formula is C17H34N2O2. The number of carbonyl (C=O) groups is 1. The molecule has 1 saturated carbocycles. The van der Waals surface area contributed by atoms with Gasteiger partial charge in [-0.1, -0.05) is 20.3 Å². The van der Waals surface area contributed by atoms with E-state index in [1.165, 1.54) is 19.3 Å². The molecule has 0 aromatic carbocycles. The molecule has 0 heterocycles. The number of carbonyl (C=O) groups excluding carboxylic acids is 1. The molecule has 1 N–H and O–H groups in total. The quantitative estimate of drug-likeness (QED) is 0.596. The van der Waals surface area contributed by atoms with Crippen LogP contribution < -0.4 is 5.32 Å². The van der Waals surface area contributed by atoms with Gasteiger partial charge in [0.25, 0.3) is 0 Å². The number of hydrogen-bond donors (Lipinski definition) is 1. The predicted octanol–water partition coefficient (Wildman–Crippen LogP) is 2.82. The molecule has 0 aliphatic heterocycles. The molecule has 1 rings (SSSR count). The van der Waals surface area contributed by atoms with Crippen molar-refractivity contribution in [1.82, 2.24) is 10.2 Å². The van der Waals surface area contributed by atoms with Crippen molar-refractivity contribution >= 4 is 5.97 Å². The van der Waals surface area contributed by atoms with Gasteiger partial charge in [0, 0.05) is 12.6 Å². The minimum absolute atomic E-state index is 0.0959. The Morgan fingerprint density at radius 3 is 2.62 bits per heavy atom. The minimum atomic E-state index is -0.519. The van der Waals surface area contributed by atoms with E-state index in [-0.39, 0.29) is 5.97 Å². The van der Waals surface area contributed by atoms with Gasteiger partial charge in [-0.05, 0) is 59.0 Å². The van der Waals surface area contributed by atoms with Crippen LogP contribution in [-0.2, 0) is 9.53 Å². The average molecular weight is 298 g/mol. The van der Waals surface area contributed by atoms with Crippen LogP contribution in [0.1, 0.15) is 59.8 Å². The molecule has 21 heavy (non-hydrogen) atoms. The topological polar surface area (TPSA) is 41.6 Å². The Bertz CT molecular complexity index is 318. The predicted molar refractivity (Wildman–Crippen MR) is 87.4 cm³/mol. The highest BCUT2D eigenvalue weighted by Crippen LogP contribution is 2.25. The summed E-state index contributed by atoms with van der Waals surface area (Å²) in [5.74, 6) is 0.637. The maximum absolute atomic E-state index is 12.2. The van der Waals surface area contributed by atoms with Gasteiger partial charge in [-0.2, -0.15) is 0 Å². The molecule has 0 spiro atoms. The summed E-state index contributed by atoms with van der Waals surface area (Å²) in [7, 11) is 2.17. The zero-order chi connectivity index (χ0) is 15.9. The first-order chi connectivity index (χ1) is 9.91. The van der Waals surface area contributed by atoms with E-state index >= 15 is 0 Å². The molecule has 4 heteroatoms. The highest BCUT2D eigenvalue weighted by Gasteiger charge is 2.39. The standard InChI is InChI=1S/C17H34N2O2/c1-6-14(3)13-19(5)12-8-11-17(4,16(20)21-7-2)18-15-9-10-15/h14-15,18H,6-13H2,1-5H3. The molecule has 0 bridgehead atoms. The van der Waals surface area contributed by atoms with Crippen molar-refractivity contribution in [3.05, 3.63) is 0 Å². The Kier molecular flexibility index (Phi) is 7.67. The first kappa shape index (κ1) is 18.4. The third-order valence-corrected chi connectivity index (χ3v) is 4.36. The maximum Gasteiger partial charge on any atom is 0.326 e. The SMILES string of the molecule is CCOC(=O)C(C)(CCCN(C)CC(C)CC)NC1CC1. The number of nitrogens with zero attached hydrogens (tertiary/aromatic N) is 1. The molecule has 0 aromatic rings. The van der Waals surface area contributed by atoms with Gasteiger partial charge in [0.1, 0.15) is 5.54 Å². The summed E-state index contributed by atoms with van der Waals surface area (Å²) in [5.41, 5.74) is -0.519. The van der Waals surface area contributed by atoms with E-state index < -0.39 is 5.54 Å². The van der Waals surface area contributed by atoms with Crippen LogP contribution in [0.25, 0.3) is 0 Å². The molecule has 0 saturated heterocycles. The number of esters is 1. The number of ether oxygens (including phenoxy) is 1. The van der Waals surface area contributed by atoms with Gasteiger partial charge < -0.3 is 9.64 Å². The molecule has 1 fully saturated rings. The number of rotatable bonds is 11. The van der Waals surface area contributed by atoms with Gasteiger partial charge in [0.05, 0.1) is 6.61 Å². The summed E-state index contributed by atoms with van der Waals surface area (Å²) in [6.45, 7) is 11.0. The van der Waals surface area contributed by atoms with E-state index in [9.17, 15) is 4.79 Å². The Morgan fingerprint density at radius 2 is 2.10 bits per heavy atom. The minimum Gasteiger partial charge on any atom is -0.465 e. The second-order valence-electron chi connectivity index (χ2n) is 6.85. The van der Waals surface area contributed by atoms with Crippen molar-refractivity contribution in [2.45, 2.75) is 71.4 Å². The van der Waals surface area contributed by atoms with Crippen molar-refractivity contribution in [3.8, 4) is 0 Å². The van der Waals surface area contributed by atoms with Gasteiger partial charge in [0.15, 0.2) is 0 Å². The lowest BCUT2D eigenvalue weighted by Crippen LogP contribution is -2.51. The van der Waals surface area contributed by atoms with Gasteiger partial charge >= 0.3 is 5.97 Å². The fourth-order valence-electron chi connectivity index (χ4n) is 2.66. The van der Waals surface area contributed by atoms with Crippen LogP contribution >= 0.6 is 0 Å². The summed E-state index contributed by atoms with van der Waals surface area (Å²) in [4.78, 5) is 14.6. The highest BCUT2D eigenvalue weighted by atomic mass is 16.5. The Hall–Kier alpha value is -0.610. The first-order valence-corrected chi connectivity index (χ1v) is 8.54. The zero-order valence-electron chi connectivity index (χ0n) is 14.6. The normalized spacial score (nSPS) is 19.3. The summed E-state index contributed by atoms with van der Waals surface area (Å²) >= 11 is 0. The molecule has 2 unspecified atom stereocenters. The molecule has 0 aromatic heterocycles. The van der Waals surface area contributed by atoms with Crippen molar-refractivity contribution in [3.63, 3.8) is 0 Å². The zero-order valence-corrected chi connectivity index (χ0v) is 14.6. The largest absolute Gasteiger partial charge is 0.465 e. The van der Waals surface area contributed by atoms with Gasteiger partial charge in [0.2, 0.25) is 0 Å². The van der Waals surface area contributed by atoms with Crippen LogP contribution in [0.4, 0.5) is 0 Å². The fraction of sp³-hybridized carbons (Fsp3) is 0.941. The molecule has 2 atom stereocenters. The Labute approximate surface area is 130 Å². The summed E-state index contributed by atoms with van der Waals surface area (Å²) < 4.78 is 5.26. The number of hydrogen-bond acceptors (Lipinski definition) is 4. The van der Waals surface area contributed by atoms with Gasteiger partial charge in [-0.3, -0.25) is 10.1 Å². The molecule has 1 aliphatic carbocycles. The van der Waals surface area contributed by atoms with Crippen molar-refractivity contribution in [1.29, 1.82) is 0 Å². The van der Waals surface area contributed by atoms with Gasteiger partial charge in [-0.15, -0.1) is 0 Å². The molecule has 0 radical (unpaired) electrons. The molecule has 1 aliphatic rings. The second kappa shape index (κ2) is 8.74. The average Bonchev–Trinajstić information content (AvgIpc) is 3.22. The summed E-state index contributed by atoms with van der Waals surface area (Å²) in [5, 5.41) is 3.48. The van der Waals surface area contributed by atoms with E-state index in [2.05, 4.69) is 31.1 Å². The maximum atomic E-state index is 12.2. The molecule has 124 valence electrons. The van der Waals surface area contributed by atoms with Crippen LogP contribution in [-0.4, -0.2) is 49.2 Å². The number of nitrogens with one attached hydrogen (secondary N) is 1. The first-order valence-electron chi connectivity index (χ1n) is 8.54. The van der Waals surface area contributed by atoms with E-state index in [1.54, 1.807) is 0 Å². The smallest absolute Gasteiger partial charge is 0.326 e. The summed E-state index contributed by atoms with van der Waals surface area (Å²) in [6, 6.07) is 0.511. The monoisotopic (exact) mass is 298 g/mol. The van der Waals surface area contributed by atoms with Crippen molar-refractivity contribution in [2.75, 3.05) is 26.7 Å². The third-order valence-electron chi connectivity index (χ3n) is 4.36. The van der Waals surface area contributed by atoms with Crippen molar-refractivity contribution < 1.29 is 9.53 Å². The van der Waals surface area contributed by atoms with E-state index in [1.807, 2.05) is 13.8 Å². The van der Waals surface area contributed by atoms with Crippen LogP contribution in [0, 0.1) is 5.92 Å².